The topological polar surface area (TPSA) is 17.1 Å². The van der Waals surface area contributed by atoms with Crippen LogP contribution in [-0.2, 0) is 0 Å². The first kappa shape index (κ1) is 17.3. The van der Waals surface area contributed by atoms with E-state index in [9.17, 15) is 31.1 Å². The lowest BCUT2D eigenvalue weighted by Crippen LogP contribution is -2.35. The first-order chi connectivity index (χ1) is 10.7. The van der Waals surface area contributed by atoms with Crippen molar-refractivity contribution in [2.75, 3.05) is 0 Å². The summed E-state index contributed by atoms with van der Waals surface area (Å²) in [4.78, 5) is 10.7. The van der Waals surface area contributed by atoms with Gasteiger partial charge in [-0.3, -0.25) is 4.79 Å². The number of aryl methyl sites for hydroxylation is 1. The van der Waals surface area contributed by atoms with Gasteiger partial charge in [-0.25, -0.2) is 13.2 Å². The van der Waals surface area contributed by atoms with Crippen molar-refractivity contribution in [3.8, 4) is 0 Å². The molecule has 1 aromatic rings. The molecule has 0 aromatic heterocycles. The third kappa shape index (κ3) is 3.33. The molecular formula is C16H12F6O. The van der Waals surface area contributed by atoms with E-state index >= 15 is 0 Å². The summed E-state index contributed by atoms with van der Waals surface area (Å²) in [5.41, 5.74) is -0.658. The Kier molecular flexibility index (Phi) is 4.68. The van der Waals surface area contributed by atoms with E-state index in [1.165, 1.54) is 6.92 Å². The molecule has 0 N–H and O–H groups in total. The summed E-state index contributed by atoms with van der Waals surface area (Å²) in [5.74, 6) is -5.47. The molecule has 1 aliphatic carbocycles. The van der Waals surface area contributed by atoms with Crippen molar-refractivity contribution in [2.45, 2.75) is 19.5 Å². The molecule has 0 fully saturated rings. The fourth-order valence-electron chi connectivity index (χ4n) is 2.70. The molecule has 7 heteroatoms. The van der Waals surface area contributed by atoms with Crippen LogP contribution in [0.25, 0.3) is 5.57 Å². The highest BCUT2D eigenvalue weighted by Gasteiger charge is 2.50. The Morgan fingerprint density at radius 2 is 1.87 bits per heavy atom. The van der Waals surface area contributed by atoms with Crippen molar-refractivity contribution in [2.24, 2.45) is 11.8 Å². The Morgan fingerprint density at radius 1 is 1.22 bits per heavy atom. The third-order valence-electron chi connectivity index (χ3n) is 3.75. The van der Waals surface area contributed by atoms with Crippen molar-refractivity contribution in [1.29, 1.82) is 0 Å². The number of benzene rings is 1. The van der Waals surface area contributed by atoms with Gasteiger partial charge in [0.15, 0.2) is 6.29 Å². The van der Waals surface area contributed by atoms with E-state index < -0.39 is 35.8 Å². The summed E-state index contributed by atoms with van der Waals surface area (Å²) in [6.45, 7) is 1.39. The summed E-state index contributed by atoms with van der Waals surface area (Å²) in [7, 11) is 0. The fourth-order valence-corrected chi connectivity index (χ4v) is 2.70. The van der Waals surface area contributed by atoms with E-state index in [0.29, 0.717) is 0 Å². The van der Waals surface area contributed by atoms with Gasteiger partial charge in [-0.15, -0.1) is 0 Å². The summed E-state index contributed by atoms with van der Waals surface area (Å²) >= 11 is 0. The SMILES string of the molecule is Cc1cc(C=O)c(F)cc1C1=CC=CC(C(F)F)C1C(F)(F)F. The quantitative estimate of drug-likeness (QED) is 0.564. The van der Waals surface area contributed by atoms with E-state index in [0.717, 1.165) is 30.4 Å². The van der Waals surface area contributed by atoms with Crippen LogP contribution in [0.4, 0.5) is 26.3 Å². The van der Waals surface area contributed by atoms with Crippen molar-refractivity contribution >= 4 is 11.9 Å². The molecule has 2 atom stereocenters. The monoisotopic (exact) mass is 334 g/mol. The lowest BCUT2D eigenvalue weighted by atomic mass is 9.77. The maximum atomic E-state index is 13.8. The molecule has 2 unspecified atom stereocenters. The van der Waals surface area contributed by atoms with Crippen LogP contribution >= 0.6 is 0 Å². The number of hydrogen-bond acceptors (Lipinski definition) is 1. The molecule has 1 aromatic carbocycles. The van der Waals surface area contributed by atoms with Crippen LogP contribution in [-0.4, -0.2) is 18.9 Å². The molecule has 124 valence electrons. The minimum Gasteiger partial charge on any atom is -0.298 e. The van der Waals surface area contributed by atoms with E-state index in [1.807, 2.05) is 0 Å². The molecule has 0 heterocycles. The first-order valence-corrected chi connectivity index (χ1v) is 6.65. The van der Waals surface area contributed by atoms with Gasteiger partial charge in [-0.2, -0.15) is 13.2 Å². The van der Waals surface area contributed by atoms with E-state index in [1.54, 1.807) is 0 Å². The van der Waals surface area contributed by atoms with Crippen molar-refractivity contribution < 1.29 is 31.1 Å². The highest BCUT2D eigenvalue weighted by atomic mass is 19.4. The fraction of sp³-hybridized carbons (Fsp3) is 0.312. The minimum atomic E-state index is -4.91. The normalized spacial score (nSPS) is 21.5. The Morgan fingerprint density at radius 3 is 2.39 bits per heavy atom. The molecule has 0 radical (unpaired) electrons. The molecule has 2 rings (SSSR count). The zero-order valence-corrected chi connectivity index (χ0v) is 11.9. The number of halogens is 6. The van der Waals surface area contributed by atoms with Gasteiger partial charge in [0.05, 0.1) is 17.4 Å². The number of carbonyl (C=O) groups is 1. The highest BCUT2D eigenvalue weighted by molar-refractivity contribution is 5.80. The van der Waals surface area contributed by atoms with Crippen LogP contribution in [0, 0.1) is 24.6 Å². The Hall–Kier alpha value is -2.05. The lowest BCUT2D eigenvalue weighted by molar-refractivity contribution is -0.177. The van der Waals surface area contributed by atoms with Gasteiger partial charge in [-0.1, -0.05) is 18.2 Å². The smallest absolute Gasteiger partial charge is 0.298 e. The average Bonchev–Trinajstić information content (AvgIpc) is 2.47. The van der Waals surface area contributed by atoms with Crippen molar-refractivity contribution in [3.05, 3.63) is 52.9 Å². The van der Waals surface area contributed by atoms with Gasteiger partial charge in [0.2, 0.25) is 6.43 Å². The summed E-state index contributed by atoms with van der Waals surface area (Å²) in [5, 5.41) is 0. The van der Waals surface area contributed by atoms with Gasteiger partial charge in [0.1, 0.15) is 5.82 Å². The molecule has 0 spiro atoms. The second-order valence-electron chi connectivity index (χ2n) is 5.24. The number of allylic oxidation sites excluding steroid dienone is 4. The number of carbonyl (C=O) groups excluding carboxylic acids is 1. The van der Waals surface area contributed by atoms with Gasteiger partial charge in [0, 0.05) is 0 Å². The maximum Gasteiger partial charge on any atom is 0.396 e. The van der Waals surface area contributed by atoms with Crippen molar-refractivity contribution in [3.63, 3.8) is 0 Å². The largest absolute Gasteiger partial charge is 0.396 e. The standard InChI is InChI=1S/C16H12F6O/c1-8-5-9(7-23)13(17)6-12(8)10-3-2-4-11(15(18)19)14(10)16(20,21)22/h2-7,11,14-15H,1H3. The van der Waals surface area contributed by atoms with Crippen LogP contribution in [0.1, 0.15) is 21.5 Å². The summed E-state index contributed by atoms with van der Waals surface area (Å²) in [6.07, 6.45) is -4.91. The molecular weight excluding hydrogens is 322 g/mol. The summed E-state index contributed by atoms with van der Waals surface area (Å²) < 4.78 is 79.7. The molecule has 23 heavy (non-hydrogen) atoms. The number of aldehydes is 1. The Balaban J connectivity index is 2.60. The van der Waals surface area contributed by atoms with E-state index in [2.05, 4.69) is 0 Å². The van der Waals surface area contributed by atoms with Crippen molar-refractivity contribution in [1.82, 2.24) is 0 Å². The second kappa shape index (κ2) is 6.22. The summed E-state index contributed by atoms with van der Waals surface area (Å²) in [6, 6.07) is 1.88. The predicted octanol–water partition coefficient (Wildman–Crippen LogP) is 4.96. The molecule has 0 bridgehead atoms. The highest BCUT2D eigenvalue weighted by Crippen LogP contribution is 2.47. The molecule has 0 saturated heterocycles. The zero-order chi connectivity index (χ0) is 17.4. The molecule has 1 nitrogen and oxygen atoms in total. The molecule has 0 amide bonds. The van der Waals surface area contributed by atoms with Crippen LogP contribution < -0.4 is 0 Å². The maximum absolute atomic E-state index is 13.8. The molecule has 0 saturated carbocycles. The van der Waals surface area contributed by atoms with Crippen LogP contribution in [0.2, 0.25) is 0 Å². The van der Waals surface area contributed by atoms with Crippen LogP contribution in [0.5, 0.6) is 0 Å². The van der Waals surface area contributed by atoms with Gasteiger partial charge < -0.3 is 0 Å². The molecule has 1 aliphatic rings. The predicted molar refractivity (Wildman–Crippen MR) is 72.7 cm³/mol. The van der Waals surface area contributed by atoms with Gasteiger partial charge in [-0.05, 0) is 35.8 Å². The number of hydrogen-bond donors (Lipinski definition) is 0. The number of alkyl halides is 5. The van der Waals surface area contributed by atoms with Gasteiger partial charge >= 0.3 is 6.18 Å². The second-order valence-corrected chi connectivity index (χ2v) is 5.24. The number of rotatable bonds is 3. The molecule has 0 aliphatic heterocycles. The average molecular weight is 334 g/mol. The van der Waals surface area contributed by atoms with E-state index in [-0.39, 0.29) is 23.0 Å². The van der Waals surface area contributed by atoms with E-state index in [4.69, 9.17) is 0 Å². The van der Waals surface area contributed by atoms with Gasteiger partial charge in [0.25, 0.3) is 0 Å². The van der Waals surface area contributed by atoms with Crippen LogP contribution in [0.15, 0.2) is 30.4 Å². The third-order valence-corrected chi connectivity index (χ3v) is 3.75. The van der Waals surface area contributed by atoms with Crippen LogP contribution in [0.3, 0.4) is 0 Å². The first-order valence-electron chi connectivity index (χ1n) is 6.65. The Bertz CT molecular complexity index is 672. The minimum absolute atomic E-state index is 0.134. The lowest BCUT2D eigenvalue weighted by Gasteiger charge is -2.31. The Labute approximate surface area is 128 Å². The zero-order valence-electron chi connectivity index (χ0n) is 11.9.